The highest BCUT2D eigenvalue weighted by molar-refractivity contribution is 6.01. The van der Waals surface area contributed by atoms with Crippen LogP contribution in [-0.2, 0) is 5.41 Å². The highest BCUT2D eigenvalue weighted by Gasteiger charge is 2.35. The third-order valence-electron chi connectivity index (χ3n) is 5.98. The Labute approximate surface area is 163 Å². The van der Waals surface area contributed by atoms with E-state index in [-0.39, 0.29) is 16.0 Å². The molecule has 0 heterocycles. The fraction of sp³-hybridized carbons (Fsp3) is 0.120. The smallest absolute Gasteiger partial charge is 0.258 e. The summed E-state index contributed by atoms with van der Waals surface area (Å²) < 4.78 is 0. The van der Waals surface area contributed by atoms with Crippen LogP contribution in [0.5, 0.6) is 0 Å². The number of hydrogen-bond donors (Lipinski definition) is 0. The number of nitro benzene ring substituents is 1. The molecule has 3 heteroatoms. The molecule has 0 amide bonds. The van der Waals surface area contributed by atoms with E-state index in [2.05, 4.69) is 50.2 Å². The fourth-order valence-corrected chi connectivity index (χ4v) is 4.58. The molecule has 0 fully saturated rings. The zero-order valence-corrected chi connectivity index (χ0v) is 15.8. The maximum absolute atomic E-state index is 11.8. The second-order valence-electron chi connectivity index (χ2n) is 7.87. The van der Waals surface area contributed by atoms with Crippen molar-refractivity contribution in [2.24, 2.45) is 0 Å². The van der Waals surface area contributed by atoms with Crippen molar-refractivity contribution in [2.75, 3.05) is 0 Å². The molecule has 0 unspecified atom stereocenters. The standard InChI is InChI=1S/C25H19NO2/c1-25(2)21-10-6-5-9-19(21)20-13-11-17(15-22(20)25)24-18-8-4-3-7-16(18)12-14-23(24)26(27)28/h3-15H,1-2H3. The molecule has 0 aliphatic heterocycles. The molecule has 0 bridgehead atoms. The van der Waals surface area contributed by atoms with Gasteiger partial charge in [0, 0.05) is 11.5 Å². The minimum atomic E-state index is -0.283. The van der Waals surface area contributed by atoms with Gasteiger partial charge < -0.3 is 0 Å². The first-order valence-corrected chi connectivity index (χ1v) is 9.39. The first kappa shape index (κ1) is 16.7. The molecule has 0 N–H and O–H groups in total. The molecule has 0 atom stereocenters. The molecule has 0 saturated heterocycles. The van der Waals surface area contributed by atoms with Gasteiger partial charge in [0.05, 0.1) is 10.5 Å². The van der Waals surface area contributed by atoms with Crippen LogP contribution in [0.2, 0.25) is 0 Å². The van der Waals surface area contributed by atoms with Crippen molar-refractivity contribution in [3.63, 3.8) is 0 Å². The lowest BCUT2D eigenvalue weighted by Crippen LogP contribution is -2.14. The Morgan fingerprint density at radius 2 is 1.50 bits per heavy atom. The van der Waals surface area contributed by atoms with Crippen molar-refractivity contribution in [1.29, 1.82) is 0 Å². The van der Waals surface area contributed by atoms with E-state index in [1.165, 1.54) is 22.3 Å². The Bertz CT molecular complexity index is 1270. The first-order chi connectivity index (χ1) is 13.5. The van der Waals surface area contributed by atoms with Crippen LogP contribution in [0.25, 0.3) is 33.0 Å². The Kier molecular flexibility index (Phi) is 3.44. The van der Waals surface area contributed by atoms with E-state index in [0.29, 0.717) is 5.56 Å². The molecule has 0 saturated carbocycles. The minimum Gasteiger partial charge on any atom is -0.258 e. The number of nitrogens with zero attached hydrogens (tertiary/aromatic N) is 1. The molecule has 4 aromatic carbocycles. The minimum absolute atomic E-state index is 0.138. The molecule has 0 spiro atoms. The summed E-state index contributed by atoms with van der Waals surface area (Å²) in [6, 6.07) is 26.0. The average molecular weight is 365 g/mol. The van der Waals surface area contributed by atoms with Crippen molar-refractivity contribution >= 4 is 16.5 Å². The highest BCUT2D eigenvalue weighted by atomic mass is 16.6. The van der Waals surface area contributed by atoms with Crippen molar-refractivity contribution in [3.8, 4) is 22.3 Å². The summed E-state index contributed by atoms with van der Waals surface area (Å²) in [4.78, 5) is 11.5. The zero-order valence-electron chi connectivity index (χ0n) is 15.8. The second-order valence-corrected chi connectivity index (χ2v) is 7.87. The molecule has 28 heavy (non-hydrogen) atoms. The van der Waals surface area contributed by atoms with Crippen LogP contribution in [0.1, 0.15) is 25.0 Å². The van der Waals surface area contributed by atoms with Gasteiger partial charge in [0.1, 0.15) is 0 Å². The van der Waals surface area contributed by atoms with Gasteiger partial charge in [-0.1, -0.05) is 74.5 Å². The number of benzene rings is 4. The van der Waals surface area contributed by atoms with E-state index in [4.69, 9.17) is 0 Å². The van der Waals surface area contributed by atoms with Crippen LogP contribution in [0.3, 0.4) is 0 Å². The SMILES string of the molecule is CC1(C)c2ccccc2-c2ccc(-c3c([N+](=O)[O-])ccc4ccccc34)cc21. The fourth-order valence-electron chi connectivity index (χ4n) is 4.58. The van der Waals surface area contributed by atoms with Crippen LogP contribution >= 0.6 is 0 Å². The van der Waals surface area contributed by atoms with Crippen molar-refractivity contribution < 1.29 is 4.92 Å². The maximum atomic E-state index is 11.8. The summed E-state index contributed by atoms with van der Waals surface area (Å²) >= 11 is 0. The number of fused-ring (bicyclic) bond motifs is 4. The van der Waals surface area contributed by atoms with E-state index in [0.717, 1.165) is 16.3 Å². The predicted molar refractivity (Wildman–Crippen MR) is 114 cm³/mol. The summed E-state index contributed by atoms with van der Waals surface area (Å²) in [5.74, 6) is 0. The molecule has 3 nitrogen and oxygen atoms in total. The largest absolute Gasteiger partial charge is 0.277 e. The highest BCUT2D eigenvalue weighted by Crippen LogP contribution is 2.50. The van der Waals surface area contributed by atoms with Crippen molar-refractivity contribution in [3.05, 3.63) is 100 Å². The molecule has 4 aromatic rings. The number of nitro groups is 1. The topological polar surface area (TPSA) is 43.1 Å². The molecule has 1 aliphatic rings. The molecule has 0 aromatic heterocycles. The molecular formula is C25H19NO2. The summed E-state index contributed by atoms with van der Waals surface area (Å²) in [5, 5.41) is 13.7. The van der Waals surface area contributed by atoms with Gasteiger partial charge in [0.2, 0.25) is 0 Å². The van der Waals surface area contributed by atoms with Gasteiger partial charge in [0.25, 0.3) is 5.69 Å². The van der Waals surface area contributed by atoms with Crippen molar-refractivity contribution in [1.82, 2.24) is 0 Å². The Morgan fingerprint density at radius 3 is 2.32 bits per heavy atom. The van der Waals surface area contributed by atoms with Gasteiger partial charge in [-0.25, -0.2) is 0 Å². The quantitative estimate of drug-likeness (QED) is 0.292. The van der Waals surface area contributed by atoms with Crippen LogP contribution in [0, 0.1) is 10.1 Å². The van der Waals surface area contributed by atoms with Gasteiger partial charge >= 0.3 is 0 Å². The summed E-state index contributed by atoms with van der Waals surface area (Å²) in [7, 11) is 0. The Hall–Kier alpha value is -3.46. The third kappa shape index (κ3) is 2.23. The Balaban J connectivity index is 1.81. The number of rotatable bonds is 2. The normalized spacial score (nSPS) is 13.9. The van der Waals surface area contributed by atoms with Crippen molar-refractivity contribution in [2.45, 2.75) is 19.3 Å². The lowest BCUT2D eigenvalue weighted by molar-refractivity contribution is -0.384. The lowest BCUT2D eigenvalue weighted by atomic mass is 9.81. The van der Waals surface area contributed by atoms with Gasteiger partial charge in [-0.05, 0) is 50.7 Å². The third-order valence-corrected chi connectivity index (χ3v) is 5.98. The van der Waals surface area contributed by atoms with Crippen LogP contribution in [-0.4, -0.2) is 4.92 Å². The average Bonchev–Trinajstić information content (AvgIpc) is 2.94. The summed E-state index contributed by atoms with van der Waals surface area (Å²) in [5.41, 5.74) is 6.57. The monoisotopic (exact) mass is 365 g/mol. The van der Waals surface area contributed by atoms with E-state index in [1.54, 1.807) is 6.07 Å². The van der Waals surface area contributed by atoms with Crippen LogP contribution < -0.4 is 0 Å². The van der Waals surface area contributed by atoms with E-state index in [9.17, 15) is 10.1 Å². The molecule has 5 rings (SSSR count). The Morgan fingerprint density at radius 1 is 0.786 bits per heavy atom. The zero-order chi connectivity index (χ0) is 19.5. The predicted octanol–water partition coefficient (Wildman–Crippen LogP) is 6.72. The molecule has 136 valence electrons. The second kappa shape index (κ2) is 5.77. The van der Waals surface area contributed by atoms with E-state index < -0.39 is 0 Å². The van der Waals surface area contributed by atoms with E-state index >= 15 is 0 Å². The van der Waals surface area contributed by atoms with Gasteiger partial charge in [-0.15, -0.1) is 0 Å². The molecular weight excluding hydrogens is 346 g/mol. The van der Waals surface area contributed by atoms with E-state index in [1.807, 2.05) is 36.4 Å². The summed E-state index contributed by atoms with van der Waals surface area (Å²) in [6.45, 7) is 4.44. The van der Waals surface area contributed by atoms with Gasteiger partial charge in [0.15, 0.2) is 0 Å². The van der Waals surface area contributed by atoms with Gasteiger partial charge in [-0.2, -0.15) is 0 Å². The van der Waals surface area contributed by atoms with Crippen LogP contribution in [0.15, 0.2) is 78.9 Å². The number of hydrogen-bond acceptors (Lipinski definition) is 2. The summed E-state index contributed by atoms with van der Waals surface area (Å²) in [6.07, 6.45) is 0. The first-order valence-electron chi connectivity index (χ1n) is 9.39. The lowest BCUT2D eigenvalue weighted by Gasteiger charge is -2.22. The molecule has 1 aliphatic carbocycles. The molecule has 0 radical (unpaired) electrons. The van der Waals surface area contributed by atoms with Crippen LogP contribution in [0.4, 0.5) is 5.69 Å². The maximum Gasteiger partial charge on any atom is 0.277 e. The van der Waals surface area contributed by atoms with Gasteiger partial charge in [-0.3, -0.25) is 10.1 Å².